The van der Waals surface area contributed by atoms with Crippen LogP contribution in [0, 0.1) is 0 Å². The SMILES string of the molecule is CCS(=O)(=O)N(C)S(=O)(=O)NC(=O)O. The molecule has 0 fully saturated rings. The molecule has 0 aromatic carbocycles. The van der Waals surface area contributed by atoms with Crippen LogP contribution in [0.25, 0.3) is 0 Å². The van der Waals surface area contributed by atoms with Gasteiger partial charge in [-0.2, -0.15) is 8.42 Å². The van der Waals surface area contributed by atoms with Gasteiger partial charge in [-0.1, -0.05) is 3.71 Å². The first-order chi connectivity index (χ1) is 6.13. The van der Waals surface area contributed by atoms with Gasteiger partial charge in [0.2, 0.25) is 10.0 Å². The van der Waals surface area contributed by atoms with E-state index in [0.29, 0.717) is 0 Å². The van der Waals surface area contributed by atoms with Crippen LogP contribution in [0.3, 0.4) is 0 Å². The lowest BCUT2D eigenvalue weighted by Gasteiger charge is -2.14. The molecule has 0 aromatic heterocycles. The Morgan fingerprint density at radius 1 is 1.36 bits per heavy atom. The van der Waals surface area contributed by atoms with Crippen LogP contribution in [0.1, 0.15) is 6.92 Å². The average Bonchev–Trinajstić information content (AvgIpc) is 2.00. The van der Waals surface area contributed by atoms with Crippen LogP contribution in [0.5, 0.6) is 0 Å². The van der Waals surface area contributed by atoms with E-state index in [1.165, 1.54) is 6.92 Å². The Morgan fingerprint density at radius 3 is 2.07 bits per heavy atom. The van der Waals surface area contributed by atoms with Gasteiger partial charge in [-0.15, -0.1) is 0 Å². The molecular weight excluding hydrogens is 236 g/mol. The fourth-order valence-corrected chi connectivity index (χ4v) is 2.84. The molecule has 14 heavy (non-hydrogen) atoms. The van der Waals surface area contributed by atoms with Crippen molar-refractivity contribution in [3.05, 3.63) is 0 Å². The van der Waals surface area contributed by atoms with E-state index < -0.39 is 32.1 Å². The summed E-state index contributed by atoms with van der Waals surface area (Å²) in [5.41, 5.74) is 0. The molecule has 2 N–H and O–H groups in total. The lowest BCUT2D eigenvalue weighted by Crippen LogP contribution is -2.44. The Morgan fingerprint density at radius 2 is 1.79 bits per heavy atom. The van der Waals surface area contributed by atoms with Crippen LogP contribution in [-0.4, -0.2) is 44.5 Å². The molecule has 0 heterocycles. The van der Waals surface area contributed by atoms with Crippen LogP contribution in [-0.2, 0) is 20.2 Å². The number of rotatable bonds is 4. The Balaban J connectivity index is 5.05. The fourth-order valence-electron chi connectivity index (χ4n) is 0.506. The Bertz CT molecular complexity index is 409. The van der Waals surface area contributed by atoms with Gasteiger partial charge in [0.25, 0.3) is 0 Å². The van der Waals surface area contributed by atoms with Crippen molar-refractivity contribution in [2.75, 3.05) is 12.8 Å². The smallest absolute Gasteiger partial charge is 0.419 e. The minimum atomic E-state index is -4.53. The van der Waals surface area contributed by atoms with E-state index in [0.717, 1.165) is 11.8 Å². The second-order valence-corrected chi connectivity index (χ2v) is 6.41. The van der Waals surface area contributed by atoms with Gasteiger partial charge in [-0.05, 0) is 6.92 Å². The standard InChI is InChI=1S/C4H10N2O6S2/c1-3-13(9,10)6(2)14(11,12)5-4(7)8/h5H,3H2,1-2H3,(H,7,8). The first-order valence-electron chi connectivity index (χ1n) is 3.36. The molecule has 1 amide bonds. The molecule has 0 aliphatic heterocycles. The summed E-state index contributed by atoms with van der Waals surface area (Å²) in [5.74, 6) is -0.440. The van der Waals surface area contributed by atoms with E-state index in [4.69, 9.17) is 5.11 Å². The number of carbonyl (C=O) groups is 1. The highest BCUT2D eigenvalue weighted by Crippen LogP contribution is 2.03. The van der Waals surface area contributed by atoms with Crippen molar-refractivity contribution in [1.29, 1.82) is 0 Å². The molecule has 0 aromatic rings. The van der Waals surface area contributed by atoms with Gasteiger partial charge < -0.3 is 5.11 Å². The molecule has 0 aliphatic carbocycles. The predicted octanol–water partition coefficient (Wildman–Crippen LogP) is -1.22. The predicted molar refractivity (Wildman–Crippen MR) is 47.3 cm³/mol. The first kappa shape index (κ1) is 13.1. The molecule has 0 rings (SSSR count). The van der Waals surface area contributed by atoms with Crippen molar-refractivity contribution < 1.29 is 26.7 Å². The molecule has 0 spiro atoms. The number of nitrogens with zero attached hydrogens (tertiary/aromatic N) is 1. The van der Waals surface area contributed by atoms with Crippen molar-refractivity contribution in [3.63, 3.8) is 0 Å². The minimum absolute atomic E-state index is 0.0197. The zero-order valence-electron chi connectivity index (χ0n) is 7.46. The number of sulfonamides is 1. The molecule has 0 aliphatic rings. The summed E-state index contributed by atoms with van der Waals surface area (Å²) >= 11 is 0. The maximum absolute atomic E-state index is 11.0. The molecular formula is C4H10N2O6S2. The van der Waals surface area contributed by atoms with Gasteiger partial charge in [-0.25, -0.2) is 17.9 Å². The summed E-state index contributed by atoms with van der Waals surface area (Å²) in [6.07, 6.45) is -1.84. The Hall–Kier alpha value is -0.870. The summed E-state index contributed by atoms with van der Waals surface area (Å²) in [7, 11) is -7.76. The second kappa shape index (κ2) is 4.11. The lowest BCUT2D eigenvalue weighted by molar-refractivity contribution is 0.200. The highest BCUT2D eigenvalue weighted by atomic mass is 32.3. The van der Waals surface area contributed by atoms with Gasteiger partial charge in [0.05, 0.1) is 5.75 Å². The van der Waals surface area contributed by atoms with E-state index in [1.807, 2.05) is 0 Å². The highest BCUT2D eigenvalue weighted by Gasteiger charge is 2.29. The highest BCUT2D eigenvalue weighted by molar-refractivity contribution is 8.03. The quantitative estimate of drug-likeness (QED) is 0.641. The second-order valence-electron chi connectivity index (χ2n) is 2.19. The number of carboxylic acid groups (broad SMARTS) is 1. The van der Waals surface area contributed by atoms with Gasteiger partial charge in [0, 0.05) is 7.05 Å². The Kier molecular flexibility index (Phi) is 3.85. The minimum Gasteiger partial charge on any atom is -0.464 e. The molecule has 10 heteroatoms. The summed E-state index contributed by atoms with van der Waals surface area (Å²) < 4.78 is 45.2. The third kappa shape index (κ3) is 3.12. The van der Waals surface area contributed by atoms with E-state index in [-0.39, 0.29) is 3.71 Å². The fraction of sp³-hybridized carbons (Fsp3) is 0.750. The van der Waals surface area contributed by atoms with Crippen molar-refractivity contribution in [3.8, 4) is 0 Å². The van der Waals surface area contributed by atoms with E-state index >= 15 is 0 Å². The zero-order chi connectivity index (χ0) is 11.6. The van der Waals surface area contributed by atoms with Gasteiger partial charge in [0.15, 0.2) is 0 Å². The maximum Gasteiger partial charge on any atom is 0.419 e. The number of amides is 1. The molecule has 84 valence electrons. The molecule has 8 nitrogen and oxygen atoms in total. The molecule has 0 saturated heterocycles. The van der Waals surface area contributed by atoms with E-state index in [9.17, 15) is 21.6 Å². The molecule has 0 radical (unpaired) electrons. The normalized spacial score (nSPS) is 12.8. The number of nitrogens with one attached hydrogen (secondary N) is 1. The van der Waals surface area contributed by atoms with Crippen LogP contribution >= 0.6 is 0 Å². The van der Waals surface area contributed by atoms with Crippen molar-refractivity contribution in [1.82, 2.24) is 8.43 Å². The van der Waals surface area contributed by atoms with Gasteiger partial charge >= 0.3 is 16.3 Å². The van der Waals surface area contributed by atoms with Gasteiger partial charge in [0.1, 0.15) is 0 Å². The maximum atomic E-state index is 11.0. The van der Waals surface area contributed by atoms with Crippen molar-refractivity contribution in [2.24, 2.45) is 0 Å². The molecule has 0 atom stereocenters. The van der Waals surface area contributed by atoms with Crippen LogP contribution in [0.4, 0.5) is 4.79 Å². The number of hydrogen-bond donors (Lipinski definition) is 2. The largest absolute Gasteiger partial charge is 0.464 e. The van der Waals surface area contributed by atoms with E-state index in [2.05, 4.69) is 0 Å². The topological polar surface area (TPSA) is 121 Å². The third-order valence-corrected chi connectivity index (χ3v) is 5.20. The third-order valence-electron chi connectivity index (χ3n) is 1.31. The lowest BCUT2D eigenvalue weighted by atomic mass is 11.0. The summed E-state index contributed by atoms with van der Waals surface area (Å²) in [4.78, 5) is 10.0. The number of hydrogen-bond acceptors (Lipinski definition) is 5. The van der Waals surface area contributed by atoms with Crippen LogP contribution in [0.2, 0.25) is 0 Å². The monoisotopic (exact) mass is 246 g/mol. The summed E-state index contributed by atoms with van der Waals surface area (Å²) in [5, 5.41) is 8.12. The van der Waals surface area contributed by atoms with Crippen LogP contribution in [0.15, 0.2) is 0 Å². The molecule has 0 unspecified atom stereocenters. The average molecular weight is 246 g/mol. The van der Waals surface area contributed by atoms with Gasteiger partial charge in [-0.3, -0.25) is 0 Å². The van der Waals surface area contributed by atoms with Crippen molar-refractivity contribution in [2.45, 2.75) is 6.92 Å². The van der Waals surface area contributed by atoms with Crippen LogP contribution < -0.4 is 4.72 Å². The molecule has 0 bridgehead atoms. The zero-order valence-corrected chi connectivity index (χ0v) is 9.09. The first-order valence-corrected chi connectivity index (χ1v) is 6.41. The molecule has 0 saturated carbocycles. The summed E-state index contributed by atoms with van der Waals surface area (Å²) in [6, 6.07) is 0. The summed E-state index contributed by atoms with van der Waals surface area (Å²) in [6.45, 7) is 1.24. The Labute approximate surface area is 81.8 Å². The van der Waals surface area contributed by atoms with E-state index in [1.54, 1.807) is 0 Å². The van der Waals surface area contributed by atoms with Crippen molar-refractivity contribution >= 4 is 26.3 Å².